The average Bonchev–Trinajstić information content (AvgIpc) is 3.11. The second kappa shape index (κ2) is 3.17. The van der Waals surface area contributed by atoms with Crippen molar-refractivity contribution < 1.29 is 9.47 Å². The Kier molecular flexibility index (Phi) is 1.82. The van der Waals surface area contributed by atoms with Gasteiger partial charge in [0.25, 0.3) is 0 Å². The van der Waals surface area contributed by atoms with E-state index in [-0.39, 0.29) is 6.10 Å². The first-order valence-electron chi connectivity index (χ1n) is 4.80. The van der Waals surface area contributed by atoms with Gasteiger partial charge in [0.2, 0.25) is 5.88 Å². The van der Waals surface area contributed by atoms with Crippen LogP contribution in [0.5, 0.6) is 5.88 Å². The van der Waals surface area contributed by atoms with Gasteiger partial charge in [-0.15, -0.1) is 0 Å². The van der Waals surface area contributed by atoms with Gasteiger partial charge >= 0.3 is 0 Å². The Balaban J connectivity index is 2.25. The molecule has 2 aromatic rings. The molecule has 0 spiro atoms. The number of hydrogen-bond donors (Lipinski definition) is 0. The lowest BCUT2D eigenvalue weighted by molar-refractivity contribution is 0.398. The summed E-state index contributed by atoms with van der Waals surface area (Å²) in [6.45, 7) is 0.776. The van der Waals surface area contributed by atoms with Crippen LogP contribution in [0.15, 0.2) is 24.4 Å². The minimum atomic E-state index is 0.190. The Labute approximate surface area is 86.9 Å². The van der Waals surface area contributed by atoms with Gasteiger partial charge in [0.1, 0.15) is 6.10 Å². The molecule has 1 fully saturated rings. The number of ether oxygens (including phenoxy) is 2. The standard InChI is InChI=1S/C11H10N2O2/c1-14-10-3-2-8-11(13-10)7(4-5-12-8)9-6-15-9/h2-5,9H,6H2,1H3/t9-/m0/s1. The number of nitrogens with zero attached hydrogens (tertiary/aromatic N) is 2. The highest BCUT2D eigenvalue weighted by atomic mass is 16.6. The van der Waals surface area contributed by atoms with Crippen LogP contribution in [-0.4, -0.2) is 23.7 Å². The zero-order chi connectivity index (χ0) is 10.3. The van der Waals surface area contributed by atoms with Crippen molar-refractivity contribution in [2.45, 2.75) is 6.10 Å². The molecule has 3 rings (SSSR count). The fourth-order valence-corrected chi connectivity index (χ4v) is 1.63. The summed E-state index contributed by atoms with van der Waals surface area (Å²) in [5, 5.41) is 0. The first kappa shape index (κ1) is 8.61. The molecule has 4 heteroatoms. The molecule has 1 atom stereocenters. The SMILES string of the molecule is COc1ccc2nccc([C@@H]3CO3)c2n1. The smallest absolute Gasteiger partial charge is 0.213 e. The molecule has 76 valence electrons. The maximum Gasteiger partial charge on any atom is 0.213 e. The number of pyridine rings is 2. The summed E-state index contributed by atoms with van der Waals surface area (Å²) in [5.41, 5.74) is 2.85. The lowest BCUT2D eigenvalue weighted by atomic mass is 10.1. The van der Waals surface area contributed by atoms with Gasteiger partial charge < -0.3 is 9.47 Å². The highest BCUT2D eigenvalue weighted by Crippen LogP contribution is 2.33. The number of epoxide rings is 1. The molecule has 1 saturated heterocycles. The van der Waals surface area contributed by atoms with Crippen molar-refractivity contribution >= 4 is 11.0 Å². The van der Waals surface area contributed by atoms with Crippen molar-refractivity contribution in [2.24, 2.45) is 0 Å². The van der Waals surface area contributed by atoms with E-state index >= 15 is 0 Å². The Bertz CT molecular complexity index is 509. The van der Waals surface area contributed by atoms with E-state index in [4.69, 9.17) is 9.47 Å². The summed E-state index contributed by atoms with van der Waals surface area (Å²) in [4.78, 5) is 8.64. The molecule has 0 radical (unpaired) electrons. The second-order valence-corrected chi connectivity index (χ2v) is 3.44. The summed E-state index contributed by atoms with van der Waals surface area (Å²) in [5.74, 6) is 0.609. The lowest BCUT2D eigenvalue weighted by Crippen LogP contribution is -1.93. The van der Waals surface area contributed by atoms with Gasteiger partial charge in [0.05, 0.1) is 24.8 Å². The molecule has 0 unspecified atom stereocenters. The molecule has 0 saturated carbocycles. The van der Waals surface area contributed by atoms with Crippen molar-refractivity contribution in [1.82, 2.24) is 9.97 Å². The topological polar surface area (TPSA) is 47.5 Å². The maximum absolute atomic E-state index is 5.27. The first-order valence-corrected chi connectivity index (χ1v) is 4.80. The molecular weight excluding hydrogens is 192 g/mol. The van der Waals surface area contributed by atoms with E-state index in [1.165, 1.54) is 0 Å². The summed E-state index contributed by atoms with van der Waals surface area (Å²) >= 11 is 0. The van der Waals surface area contributed by atoms with E-state index in [0.29, 0.717) is 5.88 Å². The van der Waals surface area contributed by atoms with E-state index in [1.807, 2.05) is 18.2 Å². The van der Waals surface area contributed by atoms with Crippen LogP contribution in [0.1, 0.15) is 11.7 Å². The fraction of sp³-hybridized carbons (Fsp3) is 0.273. The molecule has 1 aliphatic rings. The number of fused-ring (bicyclic) bond motifs is 1. The van der Waals surface area contributed by atoms with Crippen molar-refractivity contribution in [2.75, 3.05) is 13.7 Å². The van der Waals surface area contributed by atoms with Crippen LogP contribution in [0.4, 0.5) is 0 Å². The van der Waals surface area contributed by atoms with Crippen molar-refractivity contribution in [1.29, 1.82) is 0 Å². The highest BCUT2D eigenvalue weighted by molar-refractivity contribution is 5.78. The van der Waals surface area contributed by atoms with Gasteiger partial charge in [0.15, 0.2) is 0 Å². The summed E-state index contributed by atoms with van der Waals surface area (Å²) in [6.07, 6.45) is 1.98. The highest BCUT2D eigenvalue weighted by Gasteiger charge is 2.27. The van der Waals surface area contributed by atoms with Crippen LogP contribution in [0.25, 0.3) is 11.0 Å². The number of aromatic nitrogens is 2. The van der Waals surface area contributed by atoms with Crippen LogP contribution < -0.4 is 4.74 Å². The monoisotopic (exact) mass is 202 g/mol. The lowest BCUT2D eigenvalue weighted by Gasteiger charge is -2.04. The Morgan fingerprint density at radius 1 is 1.40 bits per heavy atom. The predicted molar refractivity (Wildman–Crippen MR) is 54.8 cm³/mol. The Morgan fingerprint density at radius 2 is 2.27 bits per heavy atom. The number of rotatable bonds is 2. The predicted octanol–water partition coefficient (Wildman–Crippen LogP) is 1.71. The molecule has 4 nitrogen and oxygen atoms in total. The second-order valence-electron chi connectivity index (χ2n) is 3.44. The van der Waals surface area contributed by atoms with E-state index in [2.05, 4.69) is 9.97 Å². The third-order valence-corrected chi connectivity index (χ3v) is 2.48. The summed E-state index contributed by atoms with van der Waals surface area (Å²) in [6, 6.07) is 5.67. The molecule has 0 bridgehead atoms. The molecular formula is C11H10N2O2. The molecule has 1 aliphatic heterocycles. The minimum absolute atomic E-state index is 0.190. The first-order chi connectivity index (χ1) is 7.38. The van der Waals surface area contributed by atoms with Gasteiger partial charge in [-0.05, 0) is 12.1 Å². The zero-order valence-corrected chi connectivity index (χ0v) is 8.30. The quantitative estimate of drug-likeness (QED) is 0.695. The van der Waals surface area contributed by atoms with Crippen molar-refractivity contribution in [3.63, 3.8) is 0 Å². The molecule has 15 heavy (non-hydrogen) atoms. The van der Waals surface area contributed by atoms with Gasteiger partial charge in [-0.3, -0.25) is 4.98 Å². The van der Waals surface area contributed by atoms with E-state index in [0.717, 1.165) is 23.2 Å². The fourth-order valence-electron chi connectivity index (χ4n) is 1.63. The molecule has 0 aliphatic carbocycles. The van der Waals surface area contributed by atoms with Crippen LogP contribution in [0.3, 0.4) is 0 Å². The van der Waals surface area contributed by atoms with Crippen LogP contribution >= 0.6 is 0 Å². The third kappa shape index (κ3) is 1.43. The van der Waals surface area contributed by atoms with Crippen molar-refractivity contribution in [3.05, 3.63) is 30.0 Å². The zero-order valence-electron chi connectivity index (χ0n) is 8.30. The van der Waals surface area contributed by atoms with Gasteiger partial charge in [-0.2, -0.15) is 0 Å². The van der Waals surface area contributed by atoms with Crippen LogP contribution in [0, 0.1) is 0 Å². The molecule has 0 amide bonds. The van der Waals surface area contributed by atoms with E-state index in [1.54, 1.807) is 13.3 Å². The Hall–Kier alpha value is -1.68. The molecule has 2 aromatic heterocycles. The molecule has 0 N–H and O–H groups in total. The normalized spacial score (nSPS) is 19.1. The van der Waals surface area contributed by atoms with Gasteiger partial charge in [-0.1, -0.05) is 0 Å². The van der Waals surface area contributed by atoms with Crippen LogP contribution in [0.2, 0.25) is 0 Å². The molecule has 3 heterocycles. The summed E-state index contributed by atoms with van der Waals surface area (Å²) < 4.78 is 10.4. The summed E-state index contributed by atoms with van der Waals surface area (Å²) in [7, 11) is 1.61. The Morgan fingerprint density at radius 3 is 3.00 bits per heavy atom. The number of methoxy groups -OCH3 is 1. The van der Waals surface area contributed by atoms with Crippen LogP contribution in [-0.2, 0) is 4.74 Å². The van der Waals surface area contributed by atoms with Crippen molar-refractivity contribution in [3.8, 4) is 5.88 Å². The average molecular weight is 202 g/mol. The third-order valence-electron chi connectivity index (χ3n) is 2.48. The van der Waals surface area contributed by atoms with Gasteiger partial charge in [0, 0.05) is 17.8 Å². The maximum atomic E-state index is 5.27. The van der Waals surface area contributed by atoms with E-state index in [9.17, 15) is 0 Å². The molecule has 0 aromatic carbocycles. The van der Waals surface area contributed by atoms with E-state index < -0.39 is 0 Å². The largest absolute Gasteiger partial charge is 0.481 e. The van der Waals surface area contributed by atoms with Gasteiger partial charge in [-0.25, -0.2) is 4.98 Å². The number of hydrogen-bond acceptors (Lipinski definition) is 4. The minimum Gasteiger partial charge on any atom is -0.481 e.